The number of carboxylic acid groups (broad SMARTS) is 1. The molecule has 0 aliphatic carbocycles. The molecule has 26 heavy (non-hydrogen) atoms. The zero-order chi connectivity index (χ0) is 18.7. The van der Waals surface area contributed by atoms with Crippen molar-refractivity contribution in [3.63, 3.8) is 0 Å². The predicted molar refractivity (Wildman–Crippen MR) is 98.1 cm³/mol. The molecule has 6 nitrogen and oxygen atoms in total. The van der Waals surface area contributed by atoms with Crippen LogP contribution in [0.15, 0.2) is 36.0 Å². The standard InChI is InChI=1S/C20H21N3O3/c1-14-6-8-22(9-7-14)20(26)15(11-21)10-16-12-23(13-19(24)25)18-5-3-2-4-17(16)18/h2-5,10,12,14H,6-9,13H2,1H3,(H,24,25)/b15-10+. The van der Waals surface area contributed by atoms with E-state index in [0.717, 1.165) is 23.7 Å². The number of carbonyl (C=O) groups is 2. The van der Waals surface area contributed by atoms with Crippen molar-refractivity contribution in [3.8, 4) is 6.07 Å². The first-order valence-corrected chi connectivity index (χ1v) is 8.70. The Morgan fingerprint density at radius 1 is 1.31 bits per heavy atom. The van der Waals surface area contributed by atoms with Gasteiger partial charge in [0.1, 0.15) is 18.2 Å². The maximum absolute atomic E-state index is 12.7. The first-order valence-electron chi connectivity index (χ1n) is 8.70. The molecule has 1 aliphatic rings. The van der Waals surface area contributed by atoms with Gasteiger partial charge >= 0.3 is 5.97 Å². The summed E-state index contributed by atoms with van der Waals surface area (Å²) in [4.78, 5) is 25.5. The zero-order valence-corrected chi connectivity index (χ0v) is 14.7. The van der Waals surface area contributed by atoms with Crippen LogP contribution in [0, 0.1) is 17.2 Å². The van der Waals surface area contributed by atoms with Crippen molar-refractivity contribution >= 4 is 28.9 Å². The molecule has 2 aromatic rings. The van der Waals surface area contributed by atoms with Gasteiger partial charge in [0.2, 0.25) is 0 Å². The summed E-state index contributed by atoms with van der Waals surface area (Å²) in [6.45, 7) is 3.33. The van der Waals surface area contributed by atoms with Crippen molar-refractivity contribution in [1.29, 1.82) is 5.26 Å². The minimum atomic E-state index is -0.944. The summed E-state index contributed by atoms with van der Waals surface area (Å²) in [5, 5.41) is 19.4. The summed E-state index contributed by atoms with van der Waals surface area (Å²) < 4.78 is 1.62. The lowest BCUT2D eigenvalue weighted by Crippen LogP contribution is -2.38. The molecule has 0 bridgehead atoms. The fourth-order valence-electron chi connectivity index (χ4n) is 3.35. The fourth-order valence-corrected chi connectivity index (χ4v) is 3.35. The van der Waals surface area contributed by atoms with Gasteiger partial charge in [0.05, 0.1) is 0 Å². The lowest BCUT2D eigenvalue weighted by Gasteiger charge is -2.30. The number of nitriles is 1. The molecule has 134 valence electrons. The topological polar surface area (TPSA) is 86.3 Å². The molecule has 0 spiro atoms. The molecular weight excluding hydrogens is 330 g/mol. The van der Waals surface area contributed by atoms with Gasteiger partial charge in [-0.15, -0.1) is 0 Å². The minimum absolute atomic E-state index is 0.0813. The molecule has 0 atom stereocenters. The largest absolute Gasteiger partial charge is 0.480 e. The fraction of sp³-hybridized carbons (Fsp3) is 0.350. The Bertz CT molecular complexity index is 912. The number of likely N-dealkylation sites (tertiary alicyclic amines) is 1. The molecule has 1 fully saturated rings. The minimum Gasteiger partial charge on any atom is -0.480 e. The van der Waals surface area contributed by atoms with Crippen molar-refractivity contribution in [3.05, 3.63) is 41.6 Å². The molecule has 1 aliphatic heterocycles. The van der Waals surface area contributed by atoms with Crippen molar-refractivity contribution in [1.82, 2.24) is 9.47 Å². The van der Waals surface area contributed by atoms with Gasteiger partial charge in [-0.1, -0.05) is 25.1 Å². The van der Waals surface area contributed by atoms with Crippen molar-refractivity contribution in [2.75, 3.05) is 13.1 Å². The number of benzene rings is 1. The predicted octanol–water partition coefficient (Wildman–Crippen LogP) is 2.89. The van der Waals surface area contributed by atoms with E-state index < -0.39 is 5.97 Å². The van der Waals surface area contributed by atoms with Gasteiger partial charge < -0.3 is 14.6 Å². The Labute approximate surface area is 151 Å². The molecule has 1 amide bonds. The van der Waals surface area contributed by atoms with Crippen LogP contribution in [0.3, 0.4) is 0 Å². The number of carboxylic acids is 1. The Morgan fingerprint density at radius 2 is 2.00 bits per heavy atom. The van der Waals surface area contributed by atoms with E-state index in [1.807, 2.05) is 30.3 Å². The highest BCUT2D eigenvalue weighted by atomic mass is 16.4. The monoisotopic (exact) mass is 351 g/mol. The molecule has 1 saturated heterocycles. The van der Waals surface area contributed by atoms with Gasteiger partial charge in [-0.05, 0) is 30.9 Å². The van der Waals surface area contributed by atoms with Crippen molar-refractivity contribution in [2.45, 2.75) is 26.3 Å². The summed E-state index contributed by atoms with van der Waals surface area (Å²) in [5.74, 6) is -0.600. The van der Waals surface area contributed by atoms with Crippen LogP contribution in [0.25, 0.3) is 17.0 Å². The Kier molecular flexibility index (Phi) is 5.08. The number of para-hydroxylation sites is 1. The Morgan fingerprint density at radius 3 is 2.65 bits per heavy atom. The third kappa shape index (κ3) is 3.62. The summed E-state index contributed by atoms with van der Waals surface area (Å²) in [5.41, 5.74) is 1.52. The summed E-state index contributed by atoms with van der Waals surface area (Å²) in [6.07, 6.45) is 5.15. The second-order valence-corrected chi connectivity index (χ2v) is 6.77. The number of hydrogen-bond acceptors (Lipinski definition) is 3. The van der Waals surface area contributed by atoms with E-state index in [-0.39, 0.29) is 18.0 Å². The second kappa shape index (κ2) is 7.44. The molecule has 1 N–H and O–H groups in total. The number of amides is 1. The highest BCUT2D eigenvalue weighted by molar-refractivity contribution is 6.04. The Balaban J connectivity index is 1.95. The maximum atomic E-state index is 12.7. The van der Waals surface area contributed by atoms with E-state index in [0.29, 0.717) is 24.6 Å². The number of hydrogen-bond donors (Lipinski definition) is 1. The summed E-state index contributed by atoms with van der Waals surface area (Å²) in [6, 6.07) is 9.39. The summed E-state index contributed by atoms with van der Waals surface area (Å²) >= 11 is 0. The van der Waals surface area contributed by atoms with Crippen LogP contribution in [0.1, 0.15) is 25.3 Å². The zero-order valence-electron chi connectivity index (χ0n) is 14.7. The highest BCUT2D eigenvalue weighted by Gasteiger charge is 2.23. The number of aromatic nitrogens is 1. The maximum Gasteiger partial charge on any atom is 0.323 e. The number of nitrogens with zero attached hydrogens (tertiary/aromatic N) is 3. The van der Waals surface area contributed by atoms with Gasteiger partial charge in [-0.25, -0.2) is 0 Å². The van der Waals surface area contributed by atoms with Crippen LogP contribution in [-0.2, 0) is 16.1 Å². The van der Waals surface area contributed by atoms with Gasteiger partial charge in [0.15, 0.2) is 0 Å². The number of piperidine rings is 1. The van der Waals surface area contributed by atoms with Crippen LogP contribution in [0.4, 0.5) is 0 Å². The smallest absolute Gasteiger partial charge is 0.323 e. The van der Waals surface area contributed by atoms with Crippen molar-refractivity contribution < 1.29 is 14.7 Å². The van der Waals surface area contributed by atoms with Gasteiger partial charge in [-0.3, -0.25) is 9.59 Å². The lowest BCUT2D eigenvalue weighted by atomic mass is 9.98. The third-order valence-electron chi connectivity index (χ3n) is 4.85. The number of fused-ring (bicyclic) bond motifs is 1. The lowest BCUT2D eigenvalue weighted by molar-refractivity contribution is -0.137. The molecule has 1 aromatic heterocycles. The van der Waals surface area contributed by atoms with Crippen LogP contribution >= 0.6 is 0 Å². The average molecular weight is 351 g/mol. The van der Waals surface area contributed by atoms with E-state index in [1.165, 1.54) is 0 Å². The van der Waals surface area contributed by atoms with E-state index in [1.54, 1.807) is 21.7 Å². The molecule has 0 unspecified atom stereocenters. The third-order valence-corrected chi connectivity index (χ3v) is 4.85. The molecule has 3 rings (SSSR count). The molecule has 0 radical (unpaired) electrons. The number of carbonyl (C=O) groups excluding carboxylic acids is 1. The normalized spacial score (nSPS) is 15.8. The van der Waals surface area contributed by atoms with Gasteiger partial charge in [-0.2, -0.15) is 5.26 Å². The van der Waals surface area contributed by atoms with Crippen LogP contribution in [-0.4, -0.2) is 39.5 Å². The van der Waals surface area contributed by atoms with Gasteiger partial charge in [0.25, 0.3) is 5.91 Å². The van der Waals surface area contributed by atoms with Crippen LogP contribution in [0.2, 0.25) is 0 Å². The van der Waals surface area contributed by atoms with Gasteiger partial charge in [0, 0.05) is 35.8 Å². The molecule has 2 heterocycles. The van der Waals surface area contributed by atoms with Crippen LogP contribution < -0.4 is 0 Å². The SMILES string of the molecule is CC1CCN(C(=O)/C(C#N)=C/c2cn(CC(=O)O)c3ccccc23)CC1. The first kappa shape index (κ1) is 17.7. The molecule has 0 saturated carbocycles. The highest BCUT2D eigenvalue weighted by Crippen LogP contribution is 2.25. The van der Waals surface area contributed by atoms with E-state index in [9.17, 15) is 14.9 Å². The molecule has 6 heteroatoms. The van der Waals surface area contributed by atoms with Crippen molar-refractivity contribution in [2.24, 2.45) is 5.92 Å². The number of rotatable bonds is 4. The molecular formula is C20H21N3O3. The first-order chi connectivity index (χ1) is 12.5. The van der Waals surface area contributed by atoms with E-state index >= 15 is 0 Å². The quantitative estimate of drug-likeness (QED) is 0.678. The van der Waals surface area contributed by atoms with E-state index in [4.69, 9.17) is 5.11 Å². The Hall–Kier alpha value is -3.07. The second-order valence-electron chi connectivity index (χ2n) is 6.77. The average Bonchev–Trinajstić information content (AvgIpc) is 2.97. The number of aliphatic carboxylic acids is 1. The van der Waals surface area contributed by atoms with Crippen LogP contribution in [0.5, 0.6) is 0 Å². The molecule has 1 aromatic carbocycles. The summed E-state index contributed by atoms with van der Waals surface area (Å²) in [7, 11) is 0. The van der Waals surface area contributed by atoms with E-state index in [2.05, 4.69) is 6.92 Å².